The molecule has 106 valence electrons. The van der Waals surface area contributed by atoms with E-state index < -0.39 is 0 Å². The van der Waals surface area contributed by atoms with Gasteiger partial charge < -0.3 is 10.6 Å². The van der Waals surface area contributed by atoms with Crippen LogP contribution in [-0.2, 0) is 4.79 Å². The Bertz CT molecular complexity index is 334. The van der Waals surface area contributed by atoms with E-state index in [-0.39, 0.29) is 0 Å². The minimum Gasteiger partial charge on any atom is -0.352 e. The SMILES string of the molecule is O=C(N[C@H]1CCCNC1)C1C2CC3CC(C2)CC1C3. The number of carbonyl (C=O) groups excluding carboxylic acids is 1. The Labute approximate surface area is 115 Å². The van der Waals surface area contributed by atoms with Crippen LogP contribution in [0.2, 0.25) is 0 Å². The summed E-state index contributed by atoms with van der Waals surface area (Å²) >= 11 is 0. The highest BCUT2D eigenvalue weighted by Gasteiger charge is 2.50. The van der Waals surface area contributed by atoms with Crippen molar-refractivity contribution in [3.63, 3.8) is 0 Å². The van der Waals surface area contributed by atoms with E-state index in [1.165, 1.54) is 38.5 Å². The molecule has 0 spiro atoms. The highest BCUT2D eigenvalue weighted by molar-refractivity contribution is 5.80. The number of amides is 1. The summed E-state index contributed by atoms with van der Waals surface area (Å²) in [4.78, 5) is 12.7. The van der Waals surface area contributed by atoms with Crippen LogP contribution in [0.4, 0.5) is 0 Å². The van der Waals surface area contributed by atoms with Crippen LogP contribution in [0.5, 0.6) is 0 Å². The van der Waals surface area contributed by atoms with Gasteiger partial charge in [-0.05, 0) is 75.2 Å². The fraction of sp³-hybridized carbons (Fsp3) is 0.938. The zero-order valence-electron chi connectivity index (χ0n) is 11.7. The van der Waals surface area contributed by atoms with Crippen LogP contribution in [-0.4, -0.2) is 25.0 Å². The molecule has 1 amide bonds. The van der Waals surface area contributed by atoms with Crippen molar-refractivity contribution in [1.82, 2.24) is 10.6 Å². The van der Waals surface area contributed by atoms with Gasteiger partial charge in [0.25, 0.3) is 0 Å². The van der Waals surface area contributed by atoms with E-state index in [1.54, 1.807) is 0 Å². The Morgan fingerprint density at radius 3 is 2.26 bits per heavy atom. The van der Waals surface area contributed by atoms with Crippen LogP contribution in [0.15, 0.2) is 0 Å². The predicted octanol–water partition coefficient (Wildman–Crippen LogP) is 1.93. The lowest BCUT2D eigenvalue weighted by Crippen LogP contribution is -2.54. The highest BCUT2D eigenvalue weighted by Crippen LogP contribution is 2.56. The first kappa shape index (κ1) is 12.2. The third kappa shape index (κ3) is 2.20. The smallest absolute Gasteiger partial charge is 0.223 e. The van der Waals surface area contributed by atoms with Crippen LogP contribution in [0.3, 0.4) is 0 Å². The Morgan fingerprint density at radius 1 is 1.00 bits per heavy atom. The molecule has 5 fully saturated rings. The largest absolute Gasteiger partial charge is 0.352 e. The third-order valence-corrected chi connectivity index (χ3v) is 6.17. The molecule has 1 heterocycles. The zero-order chi connectivity index (χ0) is 12.8. The van der Waals surface area contributed by atoms with Gasteiger partial charge in [0.05, 0.1) is 0 Å². The minimum absolute atomic E-state index is 0.356. The van der Waals surface area contributed by atoms with Crippen molar-refractivity contribution in [2.24, 2.45) is 29.6 Å². The zero-order valence-corrected chi connectivity index (χ0v) is 11.7. The van der Waals surface area contributed by atoms with Gasteiger partial charge >= 0.3 is 0 Å². The maximum absolute atomic E-state index is 12.7. The quantitative estimate of drug-likeness (QED) is 0.798. The van der Waals surface area contributed by atoms with E-state index in [9.17, 15) is 4.79 Å². The van der Waals surface area contributed by atoms with Gasteiger partial charge in [0.2, 0.25) is 5.91 Å². The highest BCUT2D eigenvalue weighted by atomic mass is 16.2. The second-order valence-electron chi connectivity index (χ2n) is 7.51. The van der Waals surface area contributed by atoms with Crippen LogP contribution in [0.1, 0.15) is 44.9 Å². The Kier molecular flexibility index (Phi) is 3.06. The molecule has 19 heavy (non-hydrogen) atoms. The minimum atomic E-state index is 0.356. The van der Waals surface area contributed by atoms with Crippen molar-refractivity contribution in [2.45, 2.75) is 51.0 Å². The van der Waals surface area contributed by atoms with Crippen LogP contribution in [0.25, 0.3) is 0 Å². The third-order valence-electron chi connectivity index (χ3n) is 6.17. The summed E-state index contributed by atoms with van der Waals surface area (Å²) in [5.74, 6) is 4.10. The van der Waals surface area contributed by atoms with E-state index in [0.717, 1.165) is 31.3 Å². The van der Waals surface area contributed by atoms with Gasteiger partial charge in [-0.15, -0.1) is 0 Å². The summed E-state index contributed by atoms with van der Waals surface area (Å²) in [6, 6.07) is 0.387. The van der Waals surface area contributed by atoms with Gasteiger partial charge in [0.15, 0.2) is 0 Å². The summed E-state index contributed by atoms with van der Waals surface area (Å²) in [5.41, 5.74) is 0. The molecule has 5 aliphatic rings. The number of carbonyl (C=O) groups is 1. The lowest BCUT2D eigenvalue weighted by molar-refractivity contribution is -0.139. The first-order valence-electron chi connectivity index (χ1n) is 8.30. The average molecular weight is 262 g/mol. The molecule has 0 unspecified atom stereocenters. The molecule has 1 atom stereocenters. The Balaban J connectivity index is 1.42. The standard InChI is InChI=1S/C16H26N2O/c19-16(18-14-2-1-3-17-9-14)15-12-5-10-4-11(7-12)8-13(15)6-10/h10-15,17H,1-9H2,(H,18,19)/t10?,11?,12?,13?,14-,15?/m0/s1. The fourth-order valence-electron chi connectivity index (χ4n) is 5.63. The van der Waals surface area contributed by atoms with Gasteiger partial charge in [-0.2, -0.15) is 0 Å². The van der Waals surface area contributed by atoms with Gasteiger partial charge in [-0.3, -0.25) is 4.79 Å². The number of nitrogens with one attached hydrogen (secondary N) is 2. The topological polar surface area (TPSA) is 41.1 Å². The van der Waals surface area contributed by atoms with Crippen molar-refractivity contribution in [3.8, 4) is 0 Å². The van der Waals surface area contributed by atoms with E-state index in [2.05, 4.69) is 10.6 Å². The molecule has 0 aromatic rings. The molecular weight excluding hydrogens is 236 g/mol. The predicted molar refractivity (Wildman–Crippen MR) is 74.6 cm³/mol. The summed E-state index contributed by atoms with van der Waals surface area (Å²) in [7, 11) is 0. The number of rotatable bonds is 2. The molecule has 0 radical (unpaired) electrons. The molecule has 3 nitrogen and oxygen atoms in total. The lowest BCUT2D eigenvalue weighted by atomic mass is 9.51. The molecule has 4 saturated carbocycles. The summed E-state index contributed by atoms with van der Waals surface area (Å²) < 4.78 is 0. The molecule has 1 saturated heterocycles. The molecule has 5 rings (SSSR count). The van der Waals surface area contributed by atoms with Gasteiger partial charge in [-0.25, -0.2) is 0 Å². The molecule has 0 aromatic carbocycles. The number of hydrogen-bond acceptors (Lipinski definition) is 2. The summed E-state index contributed by atoms with van der Waals surface area (Å²) in [6.45, 7) is 2.09. The number of piperidine rings is 1. The lowest BCUT2D eigenvalue weighted by Gasteiger charge is -2.53. The van der Waals surface area contributed by atoms with Crippen molar-refractivity contribution in [2.75, 3.05) is 13.1 Å². The molecule has 0 aromatic heterocycles. The molecule has 3 heteroatoms. The maximum Gasteiger partial charge on any atom is 0.223 e. The second kappa shape index (κ2) is 4.76. The monoisotopic (exact) mass is 262 g/mol. The van der Waals surface area contributed by atoms with Gasteiger partial charge in [-0.1, -0.05) is 0 Å². The second-order valence-corrected chi connectivity index (χ2v) is 7.51. The van der Waals surface area contributed by atoms with Crippen LogP contribution < -0.4 is 10.6 Å². The van der Waals surface area contributed by atoms with E-state index in [0.29, 0.717) is 29.7 Å². The molecule has 4 bridgehead atoms. The number of hydrogen-bond donors (Lipinski definition) is 2. The first-order chi connectivity index (χ1) is 9.29. The fourth-order valence-corrected chi connectivity index (χ4v) is 5.63. The molecule has 4 aliphatic carbocycles. The average Bonchev–Trinajstić information content (AvgIpc) is 2.38. The summed E-state index contributed by atoms with van der Waals surface area (Å²) in [6.07, 6.45) is 9.19. The molecular formula is C16H26N2O. The Hall–Kier alpha value is -0.570. The van der Waals surface area contributed by atoms with Crippen molar-refractivity contribution in [1.29, 1.82) is 0 Å². The molecule has 1 aliphatic heterocycles. The van der Waals surface area contributed by atoms with E-state index in [1.807, 2.05) is 0 Å². The first-order valence-corrected chi connectivity index (χ1v) is 8.30. The Morgan fingerprint density at radius 2 is 1.68 bits per heavy atom. The van der Waals surface area contributed by atoms with E-state index >= 15 is 0 Å². The van der Waals surface area contributed by atoms with Crippen molar-refractivity contribution in [3.05, 3.63) is 0 Å². The summed E-state index contributed by atoms with van der Waals surface area (Å²) in [5, 5.41) is 6.74. The van der Waals surface area contributed by atoms with Gasteiger partial charge in [0, 0.05) is 18.5 Å². The molecule has 2 N–H and O–H groups in total. The maximum atomic E-state index is 12.7. The van der Waals surface area contributed by atoms with Crippen molar-refractivity contribution >= 4 is 5.91 Å². The van der Waals surface area contributed by atoms with Gasteiger partial charge in [0.1, 0.15) is 0 Å². The van der Waals surface area contributed by atoms with Crippen LogP contribution >= 0.6 is 0 Å². The van der Waals surface area contributed by atoms with Crippen molar-refractivity contribution < 1.29 is 4.79 Å². The normalized spacial score (nSPS) is 48.2. The van der Waals surface area contributed by atoms with E-state index in [4.69, 9.17) is 0 Å². The van der Waals surface area contributed by atoms with Crippen LogP contribution in [0, 0.1) is 29.6 Å².